The van der Waals surface area contributed by atoms with E-state index in [0.29, 0.717) is 13.0 Å². The van der Waals surface area contributed by atoms with E-state index in [1.165, 1.54) is 63.1 Å². The molecule has 0 fully saturated rings. The number of carbonyl (C=O) groups is 1. The van der Waals surface area contributed by atoms with Crippen LogP contribution in [0.5, 0.6) is 0 Å². The lowest BCUT2D eigenvalue weighted by molar-refractivity contribution is -0.111. The maximum absolute atomic E-state index is 11.9. The summed E-state index contributed by atoms with van der Waals surface area (Å²) in [6.07, 6.45) is 13.9. The van der Waals surface area contributed by atoms with Crippen molar-refractivity contribution in [2.24, 2.45) is 0 Å². The van der Waals surface area contributed by atoms with E-state index in [4.69, 9.17) is 4.74 Å². The summed E-state index contributed by atoms with van der Waals surface area (Å²) in [6, 6.07) is 0. The molecule has 0 aromatic rings. The van der Waals surface area contributed by atoms with Gasteiger partial charge in [0.05, 0.1) is 18.5 Å². The molecule has 3 nitrogen and oxygen atoms in total. The summed E-state index contributed by atoms with van der Waals surface area (Å²) in [5.74, 6) is 0. The summed E-state index contributed by atoms with van der Waals surface area (Å²) in [5, 5.41) is 9.46. The predicted octanol–water partition coefficient (Wildman–Crippen LogP) is 5.34. The van der Waals surface area contributed by atoms with Crippen LogP contribution in [-0.2, 0) is 9.53 Å². The molecule has 0 saturated carbocycles. The average molecular weight is 347 g/mol. The first-order valence-electron chi connectivity index (χ1n) is 9.62. The zero-order valence-corrected chi connectivity index (χ0v) is 16.2. The third-order valence-electron chi connectivity index (χ3n) is 3.93. The van der Waals surface area contributed by atoms with Gasteiger partial charge >= 0.3 is 0 Å². The number of aliphatic hydroxyl groups excluding tert-OH is 1. The second-order valence-corrected chi connectivity index (χ2v) is 7.66. The summed E-state index contributed by atoms with van der Waals surface area (Å²) in [4.78, 5) is 11.9. The summed E-state index contributed by atoms with van der Waals surface area (Å²) < 4.78 is 5.62. The fourth-order valence-electron chi connectivity index (χ4n) is 2.44. The number of thioether (sulfide) groups is 1. The first kappa shape index (κ1) is 22.9. The van der Waals surface area contributed by atoms with Gasteiger partial charge in [-0.15, -0.1) is 0 Å². The first-order valence-corrected chi connectivity index (χ1v) is 10.5. The van der Waals surface area contributed by atoms with E-state index in [2.05, 4.69) is 13.8 Å². The van der Waals surface area contributed by atoms with Crippen LogP contribution in [0.3, 0.4) is 0 Å². The van der Waals surface area contributed by atoms with Gasteiger partial charge in [-0.05, 0) is 12.8 Å². The maximum atomic E-state index is 11.9. The Morgan fingerprint density at radius 3 is 2.09 bits per heavy atom. The molecule has 0 saturated heterocycles. The molecule has 0 heterocycles. The highest BCUT2D eigenvalue weighted by Crippen LogP contribution is 2.17. The van der Waals surface area contributed by atoms with Crippen LogP contribution in [0.4, 0.5) is 0 Å². The molecule has 0 rings (SSSR count). The fraction of sp³-hybridized carbons (Fsp3) is 0.947. The van der Waals surface area contributed by atoms with Gasteiger partial charge in [0.25, 0.3) is 0 Å². The molecule has 0 aromatic heterocycles. The number of ether oxygens (including phenoxy) is 1. The lowest BCUT2D eigenvalue weighted by atomic mass is 10.1. The second kappa shape index (κ2) is 18.3. The van der Waals surface area contributed by atoms with Crippen molar-refractivity contribution in [3.8, 4) is 0 Å². The van der Waals surface area contributed by atoms with E-state index in [9.17, 15) is 9.90 Å². The quantitative estimate of drug-likeness (QED) is 0.361. The van der Waals surface area contributed by atoms with Crippen molar-refractivity contribution < 1.29 is 14.6 Å². The summed E-state index contributed by atoms with van der Waals surface area (Å²) in [5.41, 5.74) is 0. The highest BCUT2D eigenvalue weighted by molar-refractivity contribution is 8.14. The minimum Gasteiger partial charge on any atom is -0.395 e. The molecule has 0 aliphatic heterocycles. The Kier molecular flexibility index (Phi) is 18.2. The lowest BCUT2D eigenvalue weighted by Gasteiger charge is -2.13. The third-order valence-corrected chi connectivity index (χ3v) is 5.02. The van der Waals surface area contributed by atoms with E-state index >= 15 is 0 Å². The minimum absolute atomic E-state index is 0.0166. The Hall–Kier alpha value is -0.0600. The van der Waals surface area contributed by atoms with Crippen LogP contribution in [0.1, 0.15) is 90.9 Å². The Bertz CT molecular complexity index is 259. The van der Waals surface area contributed by atoms with Gasteiger partial charge in [0, 0.05) is 13.0 Å². The van der Waals surface area contributed by atoms with Crippen molar-refractivity contribution in [2.75, 3.05) is 19.8 Å². The van der Waals surface area contributed by atoms with Gasteiger partial charge in [-0.2, -0.15) is 0 Å². The van der Waals surface area contributed by atoms with Gasteiger partial charge < -0.3 is 9.84 Å². The molecule has 1 atom stereocenters. The second-order valence-electron chi connectivity index (χ2n) is 6.30. The average Bonchev–Trinajstić information content (AvgIpc) is 2.56. The van der Waals surface area contributed by atoms with Crippen LogP contribution in [0.25, 0.3) is 0 Å². The third kappa shape index (κ3) is 16.6. The maximum Gasteiger partial charge on any atom is 0.189 e. The van der Waals surface area contributed by atoms with Crippen LogP contribution in [-0.4, -0.2) is 35.3 Å². The van der Waals surface area contributed by atoms with Crippen LogP contribution in [0.2, 0.25) is 0 Å². The molecular formula is C19H38O3S. The Labute approximate surface area is 148 Å². The van der Waals surface area contributed by atoms with Gasteiger partial charge in [-0.3, -0.25) is 4.79 Å². The van der Waals surface area contributed by atoms with Gasteiger partial charge in [0.1, 0.15) is 0 Å². The van der Waals surface area contributed by atoms with Crippen molar-refractivity contribution in [1.29, 1.82) is 0 Å². The van der Waals surface area contributed by atoms with E-state index in [0.717, 1.165) is 25.9 Å². The highest BCUT2D eigenvalue weighted by atomic mass is 32.2. The molecule has 0 bridgehead atoms. The monoisotopic (exact) mass is 346 g/mol. The molecule has 0 aliphatic carbocycles. The molecule has 1 N–H and O–H groups in total. The largest absolute Gasteiger partial charge is 0.395 e. The van der Waals surface area contributed by atoms with E-state index in [1.807, 2.05) is 0 Å². The topological polar surface area (TPSA) is 46.5 Å². The van der Waals surface area contributed by atoms with Crippen molar-refractivity contribution in [2.45, 2.75) is 96.1 Å². The smallest absolute Gasteiger partial charge is 0.189 e. The number of aliphatic hydroxyl groups is 1. The zero-order valence-electron chi connectivity index (χ0n) is 15.4. The standard InChI is InChI=1S/C19H38O3S/c1-3-5-7-9-11-13-15-22-17-18(16-20)23-19(21)14-12-10-8-6-4-2/h18,20H,3-17H2,1-2H3/t18-/m0/s1. The number of hydrogen-bond donors (Lipinski definition) is 1. The zero-order chi connectivity index (χ0) is 17.2. The van der Waals surface area contributed by atoms with Gasteiger partial charge in [-0.25, -0.2) is 0 Å². The minimum atomic E-state index is -0.0989. The Morgan fingerprint density at radius 1 is 0.913 bits per heavy atom. The normalized spacial score (nSPS) is 12.5. The van der Waals surface area contributed by atoms with Crippen molar-refractivity contribution in [1.82, 2.24) is 0 Å². The van der Waals surface area contributed by atoms with Gasteiger partial charge in [-0.1, -0.05) is 83.4 Å². The fourth-order valence-corrected chi connectivity index (χ4v) is 3.31. The molecule has 138 valence electrons. The van der Waals surface area contributed by atoms with Crippen LogP contribution in [0, 0.1) is 0 Å². The molecule has 23 heavy (non-hydrogen) atoms. The Morgan fingerprint density at radius 2 is 1.48 bits per heavy atom. The van der Waals surface area contributed by atoms with Crippen molar-refractivity contribution in [3.63, 3.8) is 0 Å². The highest BCUT2D eigenvalue weighted by Gasteiger charge is 2.13. The van der Waals surface area contributed by atoms with Crippen LogP contribution >= 0.6 is 11.8 Å². The Balaban J connectivity index is 3.51. The van der Waals surface area contributed by atoms with E-state index < -0.39 is 0 Å². The summed E-state index contributed by atoms with van der Waals surface area (Å²) in [6.45, 7) is 5.66. The van der Waals surface area contributed by atoms with Crippen molar-refractivity contribution >= 4 is 16.9 Å². The molecule has 0 spiro atoms. The predicted molar refractivity (Wildman–Crippen MR) is 101 cm³/mol. The summed E-state index contributed by atoms with van der Waals surface area (Å²) in [7, 11) is 0. The SMILES string of the molecule is CCCCCCCCOC[C@H](CO)SC(=O)CCCCCCC. The summed E-state index contributed by atoms with van der Waals surface area (Å²) >= 11 is 1.27. The van der Waals surface area contributed by atoms with E-state index in [1.54, 1.807) is 0 Å². The van der Waals surface area contributed by atoms with Gasteiger partial charge in [0.15, 0.2) is 5.12 Å². The molecule has 0 radical (unpaired) electrons. The van der Waals surface area contributed by atoms with Crippen LogP contribution in [0.15, 0.2) is 0 Å². The number of rotatable bonds is 17. The molecular weight excluding hydrogens is 308 g/mol. The first-order chi connectivity index (χ1) is 11.2. The van der Waals surface area contributed by atoms with Crippen LogP contribution < -0.4 is 0 Å². The molecule has 0 unspecified atom stereocenters. The number of unbranched alkanes of at least 4 members (excludes halogenated alkanes) is 9. The lowest BCUT2D eigenvalue weighted by Crippen LogP contribution is -2.19. The molecule has 4 heteroatoms. The van der Waals surface area contributed by atoms with E-state index in [-0.39, 0.29) is 17.0 Å². The number of hydrogen-bond acceptors (Lipinski definition) is 4. The van der Waals surface area contributed by atoms with Crippen molar-refractivity contribution in [3.05, 3.63) is 0 Å². The molecule has 0 aromatic carbocycles. The molecule has 0 amide bonds. The number of carbonyl (C=O) groups excluding carboxylic acids is 1. The molecule has 0 aliphatic rings. The van der Waals surface area contributed by atoms with Gasteiger partial charge in [0.2, 0.25) is 0 Å².